The van der Waals surface area contributed by atoms with Crippen molar-refractivity contribution < 1.29 is 14.3 Å². The van der Waals surface area contributed by atoms with Gasteiger partial charge in [0.25, 0.3) is 0 Å². The van der Waals surface area contributed by atoms with E-state index in [0.717, 1.165) is 51.0 Å². The summed E-state index contributed by atoms with van der Waals surface area (Å²) in [5, 5.41) is 12.9. The van der Waals surface area contributed by atoms with E-state index in [2.05, 4.69) is 17.1 Å². The molecule has 1 saturated heterocycles. The van der Waals surface area contributed by atoms with Crippen molar-refractivity contribution in [3.8, 4) is 0 Å². The van der Waals surface area contributed by atoms with Crippen molar-refractivity contribution in [2.24, 2.45) is 5.92 Å². The second kappa shape index (κ2) is 7.20. The van der Waals surface area contributed by atoms with Crippen LogP contribution in [0.1, 0.15) is 48.1 Å². The molecular formula is C21H26FN3O3. The van der Waals surface area contributed by atoms with Crippen LogP contribution in [0.5, 0.6) is 0 Å². The summed E-state index contributed by atoms with van der Waals surface area (Å²) in [4.78, 5) is 26.3. The highest BCUT2D eigenvalue weighted by molar-refractivity contribution is 5.95. The quantitative estimate of drug-likeness (QED) is 0.797. The molecule has 2 aromatic rings. The molecule has 0 amide bonds. The highest BCUT2D eigenvalue weighted by Crippen LogP contribution is 2.40. The zero-order valence-corrected chi connectivity index (χ0v) is 16.3. The molecule has 4 rings (SSSR count). The molecule has 1 aliphatic heterocycles. The number of rotatable bonds is 6. The summed E-state index contributed by atoms with van der Waals surface area (Å²) < 4.78 is 17.0. The Kier molecular flexibility index (Phi) is 4.87. The number of anilines is 1. The molecule has 2 N–H and O–H groups in total. The number of pyridine rings is 1. The van der Waals surface area contributed by atoms with Crippen LogP contribution in [0.2, 0.25) is 0 Å². The number of nitrogens with one attached hydrogen (secondary N) is 1. The van der Waals surface area contributed by atoms with Gasteiger partial charge in [0.15, 0.2) is 0 Å². The fourth-order valence-electron chi connectivity index (χ4n) is 4.40. The third-order valence-electron chi connectivity index (χ3n) is 5.93. The summed E-state index contributed by atoms with van der Waals surface area (Å²) >= 11 is 0. The maximum Gasteiger partial charge on any atom is 0.341 e. The fraction of sp³-hybridized carbons (Fsp3) is 0.524. The average molecular weight is 387 g/mol. The maximum atomic E-state index is 15.1. The number of halogens is 1. The van der Waals surface area contributed by atoms with Crippen LogP contribution in [0.3, 0.4) is 0 Å². The zero-order valence-electron chi connectivity index (χ0n) is 16.3. The lowest BCUT2D eigenvalue weighted by atomic mass is 10.0. The summed E-state index contributed by atoms with van der Waals surface area (Å²) in [6, 6.07) is 1.42. The highest BCUT2D eigenvalue weighted by Gasteiger charge is 2.31. The van der Waals surface area contributed by atoms with Crippen LogP contribution < -0.4 is 15.6 Å². The van der Waals surface area contributed by atoms with Crippen LogP contribution >= 0.6 is 0 Å². The minimum Gasteiger partial charge on any atom is -0.477 e. The minimum atomic E-state index is -1.27. The number of aromatic nitrogens is 1. The van der Waals surface area contributed by atoms with Crippen molar-refractivity contribution in [3.05, 3.63) is 39.4 Å². The van der Waals surface area contributed by atoms with E-state index >= 15 is 4.39 Å². The van der Waals surface area contributed by atoms with Crippen LogP contribution in [0.15, 0.2) is 17.1 Å². The predicted molar refractivity (Wildman–Crippen MR) is 107 cm³/mol. The average Bonchev–Trinajstić information content (AvgIpc) is 3.39. The lowest BCUT2D eigenvalue weighted by molar-refractivity contribution is 0.0695. The van der Waals surface area contributed by atoms with Crippen LogP contribution in [-0.4, -0.2) is 41.8 Å². The van der Waals surface area contributed by atoms with E-state index in [9.17, 15) is 14.7 Å². The Labute approximate surface area is 163 Å². The summed E-state index contributed by atoms with van der Waals surface area (Å²) in [5.41, 5.74) is 1.03. The Bertz CT molecular complexity index is 997. The second-order valence-corrected chi connectivity index (χ2v) is 7.95. The van der Waals surface area contributed by atoms with Crippen molar-refractivity contribution >= 4 is 22.6 Å². The fourth-order valence-corrected chi connectivity index (χ4v) is 4.40. The zero-order chi connectivity index (χ0) is 20.0. The van der Waals surface area contributed by atoms with Crippen molar-refractivity contribution in [2.45, 2.75) is 39.2 Å². The van der Waals surface area contributed by atoms with Crippen molar-refractivity contribution in [3.63, 3.8) is 0 Å². The molecule has 28 heavy (non-hydrogen) atoms. The van der Waals surface area contributed by atoms with Crippen LogP contribution in [0.25, 0.3) is 10.9 Å². The number of hydrogen-bond acceptors (Lipinski definition) is 4. The van der Waals surface area contributed by atoms with Gasteiger partial charge in [0.05, 0.1) is 11.2 Å². The normalized spacial score (nSPS) is 19.5. The molecule has 0 bridgehead atoms. The van der Waals surface area contributed by atoms with E-state index in [-0.39, 0.29) is 17.0 Å². The van der Waals surface area contributed by atoms with E-state index in [4.69, 9.17) is 0 Å². The van der Waals surface area contributed by atoms with Gasteiger partial charge in [-0.25, -0.2) is 9.18 Å². The topological polar surface area (TPSA) is 74.6 Å². The number of benzene rings is 1. The van der Waals surface area contributed by atoms with Gasteiger partial charge in [-0.2, -0.15) is 0 Å². The van der Waals surface area contributed by atoms with E-state index in [1.165, 1.54) is 12.3 Å². The smallest absolute Gasteiger partial charge is 0.341 e. The molecule has 0 radical (unpaired) electrons. The molecule has 1 aliphatic carbocycles. The maximum absolute atomic E-state index is 15.1. The van der Waals surface area contributed by atoms with Crippen LogP contribution in [0, 0.1) is 18.7 Å². The second-order valence-electron chi connectivity index (χ2n) is 7.95. The van der Waals surface area contributed by atoms with Gasteiger partial charge in [-0.15, -0.1) is 0 Å². The van der Waals surface area contributed by atoms with Crippen molar-refractivity contribution in [2.75, 3.05) is 31.1 Å². The molecule has 1 atom stereocenters. The molecular weight excluding hydrogens is 361 g/mol. The number of carboxylic acids is 1. The molecule has 1 aromatic heterocycles. The molecule has 150 valence electrons. The molecule has 1 aromatic carbocycles. The standard InChI is InChI=1S/C21H26FN3O3/c1-3-23-9-13-6-7-24(10-13)19-12(2)18-15(8-17(19)22)20(26)16(21(27)28)11-25(18)14-4-5-14/h8,11,13-14,23H,3-7,9-10H2,1-2H3,(H,27,28). The first-order chi connectivity index (χ1) is 13.4. The first kappa shape index (κ1) is 18.9. The van der Waals surface area contributed by atoms with Gasteiger partial charge in [-0.1, -0.05) is 6.92 Å². The first-order valence-electron chi connectivity index (χ1n) is 9.99. The SMILES string of the molecule is CCNCC1CCN(c2c(F)cc3c(=O)c(C(=O)O)cn(C4CC4)c3c2C)C1. The number of aryl methyl sites for hydroxylation is 1. The van der Waals surface area contributed by atoms with E-state index in [0.29, 0.717) is 17.1 Å². The number of carboxylic acid groups (broad SMARTS) is 1. The van der Waals surface area contributed by atoms with E-state index in [1.807, 2.05) is 11.5 Å². The summed E-state index contributed by atoms with van der Waals surface area (Å²) in [7, 11) is 0. The molecule has 2 fully saturated rings. The number of fused-ring (bicyclic) bond motifs is 1. The molecule has 0 spiro atoms. The lowest BCUT2D eigenvalue weighted by Crippen LogP contribution is -2.27. The Hall–Kier alpha value is -2.41. The minimum absolute atomic E-state index is 0.161. The Morgan fingerprint density at radius 2 is 2.11 bits per heavy atom. The van der Waals surface area contributed by atoms with Crippen molar-refractivity contribution in [1.82, 2.24) is 9.88 Å². The summed E-state index contributed by atoms with van der Waals surface area (Å²) in [6.07, 6.45) is 4.32. The Morgan fingerprint density at radius 3 is 2.75 bits per heavy atom. The highest BCUT2D eigenvalue weighted by atomic mass is 19.1. The third-order valence-corrected chi connectivity index (χ3v) is 5.93. The number of aromatic carboxylic acids is 1. The van der Waals surface area contributed by atoms with Gasteiger partial charge >= 0.3 is 5.97 Å². The monoisotopic (exact) mass is 387 g/mol. The van der Waals surface area contributed by atoms with Gasteiger partial charge in [-0.3, -0.25) is 4.79 Å². The molecule has 2 heterocycles. The van der Waals surface area contributed by atoms with Gasteiger partial charge in [-0.05, 0) is 56.8 Å². The summed E-state index contributed by atoms with van der Waals surface area (Å²) in [5.74, 6) is -1.25. The largest absolute Gasteiger partial charge is 0.477 e. The van der Waals surface area contributed by atoms with E-state index in [1.54, 1.807) is 0 Å². The molecule has 1 unspecified atom stereocenters. The number of hydrogen-bond donors (Lipinski definition) is 2. The lowest BCUT2D eigenvalue weighted by Gasteiger charge is -2.24. The number of nitrogens with zero attached hydrogens (tertiary/aromatic N) is 2. The van der Waals surface area contributed by atoms with Crippen LogP contribution in [-0.2, 0) is 0 Å². The van der Waals surface area contributed by atoms with E-state index < -0.39 is 17.2 Å². The van der Waals surface area contributed by atoms with Gasteiger partial charge in [0.1, 0.15) is 11.4 Å². The Morgan fingerprint density at radius 1 is 1.36 bits per heavy atom. The van der Waals surface area contributed by atoms with Gasteiger partial charge in [0, 0.05) is 30.7 Å². The first-order valence-corrected chi connectivity index (χ1v) is 9.99. The molecule has 7 heteroatoms. The van der Waals surface area contributed by atoms with Gasteiger partial charge < -0.3 is 19.9 Å². The van der Waals surface area contributed by atoms with Gasteiger partial charge in [0.2, 0.25) is 5.43 Å². The summed E-state index contributed by atoms with van der Waals surface area (Å²) in [6.45, 7) is 7.30. The predicted octanol–water partition coefficient (Wildman–Crippen LogP) is 2.92. The Balaban J connectivity index is 1.84. The van der Waals surface area contributed by atoms with Crippen LogP contribution in [0.4, 0.5) is 10.1 Å². The number of carbonyl (C=O) groups is 1. The molecule has 6 nitrogen and oxygen atoms in total. The van der Waals surface area contributed by atoms with Crippen molar-refractivity contribution in [1.29, 1.82) is 0 Å². The molecule has 2 aliphatic rings. The third kappa shape index (κ3) is 3.17. The molecule has 1 saturated carbocycles.